The van der Waals surface area contributed by atoms with Crippen LogP contribution in [0, 0.1) is 11.7 Å². The molecule has 2 heterocycles. The Balaban J connectivity index is 1.61. The lowest BCUT2D eigenvalue weighted by molar-refractivity contribution is -0.511. The van der Waals surface area contributed by atoms with Gasteiger partial charge in [-0.15, -0.1) is 0 Å². The van der Waals surface area contributed by atoms with E-state index in [-0.39, 0.29) is 9.33 Å². The topological polar surface area (TPSA) is 107 Å². The van der Waals surface area contributed by atoms with Gasteiger partial charge < -0.3 is 18.5 Å². The molecule has 0 amide bonds. The lowest BCUT2D eigenvalue weighted by Gasteiger charge is -2.09. The third kappa shape index (κ3) is 5.35. The Morgan fingerprint density at radius 2 is 2.03 bits per heavy atom. The first kappa shape index (κ1) is 21.2. The van der Waals surface area contributed by atoms with E-state index >= 15 is 0 Å². The van der Waals surface area contributed by atoms with Gasteiger partial charge in [0, 0.05) is 32.8 Å². The summed E-state index contributed by atoms with van der Waals surface area (Å²) in [4.78, 5) is 18.7. The van der Waals surface area contributed by atoms with Crippen molar-refractivity contribution in [3.63, 3.8) is 0 Å². The molecule has 5 N–H and O–H groups in total. The zero-order chi connectivity index (χ0) is 21.8. The SMILES string of the molecule is O=C(OCC1CC1)C(=INc1ccc(F)cc1)C(O)=C(O)C=C1C=[NH+]c2[nH+]cccc21. The van der Waals surface area contributed by atoms with Crippen molar-refractivity contribution in [2.45, 2.75) is 12.8 Å². The third-order valence-corrected chi connectivity index (χ3v) is 7.09. The molecule has 0 atom stereocenters. The van der Waals surface area contributed by atoms with Gasteiger partial charge in [-0.1, -0.05) is 0 Å². The van der Waals surface area contributed by atoms with Crippen molar-refractivity contribution in [2.24, 2.45) is 5.92 Å². The van der Waals surface area contributed by atoms with Gasteiger partial charge in [-0.2, -0.15) is 9.98 Å². The van der Waals surface area contributed by atoms with Crippen LogP contribution in [0.25, 0.3) is 5.57 Å². The number of anilines is 1. The van der Waals surface area contributed by atoms with Crippen molar-refractivity contribution < 1.29 is 34.1 Å². The monoisotopic (exact) mass is 537 g/mol. The van der Waals surface area contributed by atoms with Gasteiger partial charge in [0.1, 0.15) is 11.4 Å². The number of esters is 1. The summed E-state index contributed by atoms with van der Waals surface area (Å²) in [5.41, 5.74) is 2.07. The second-order valence-electron chi connectivity index (χ2n) is 7.13. The number of benzene rings is 1. The summed E-state index contributed by atoms with van der Waals surface area (Å²) in [7, 11) is 0. The molecule has 31 heavy (non-hydrogen) atoms. The third-order valence-electron chi connectivity index (χ3n) is 4.70. The molecule has 4 rings (SSSR count). The predicted octanol–water partition coefficient (Wildman–Crippen LogP) is 2.27. The standard InChI is InChI=1S/C22H19FIN3O4/c23-15-5-7-16(8-6-15)27-24-19(22(30)31-12-13-3-4-13)20(29)18(28)10-14-11-26-21-17(14)2-1-9-25-21/h1-2,5-11,13,27-29H,3-4,12H2/p+2. The number of aromatic nitrogens is 1. The maximum atomic E-state index is 13.1. The van der Waals surface area contributed by atoms with Crippen molar-refractivity contribution in [2.75, 3.05) is 10.1 Å². The highest BCUT2D eigenvalue weighted by molar-refractivity contribution is 14.2. The van der Waals surface area contributed by atoms with E-state index in [2.05, 4.69) is 13.5 Å². The van der Waals surface area contributed by atoms with Gasteiger partial charge in [-0.3, -0.25) is 0 Å². The fourth-order valence-electron chi connectivity index (χ4n) is 2.81. The molecular formula is C22H21FIN3O4+2. The minimum absolute atomic E-state index is 0.0103. The number of ether oxygens (including phenoxy) is 1. The van der Waals surface area contributed by atoms with E-state index < -0.39 is 38.5 Å². The zero-order valence-corrected chi connectivity index (χ0v) is 18.5. The molecule has 1 aliphatic carbocycles. The van der Waals surface area contributed by atoms with Crippen LogP contribution in [0.4, 0.5) is 15.9 Å². The molecular weight excluding hydrogens is 516 g/mol. The fourth-order valence-corrected chi connectivity index (χ4v) is 4.66. The number of nitrogens with one attached hydrogen (secondary N) is 3. The number of aliphatic hydroxyl groups is 2. The Morgan fingerprint density at radius 1 is 1.26 bits per heavy atom. The number of hydrogen-bond donors (Lipinski definition) is 4. The van der Waals surface area contributed by atoms with Crippen LogP contribution in [0.5, 0.6) is 0 Å². The van der Waals surface area contributed by atoms with E-state index in [0.717, 1.165) is 24.2 Å². The Hall–Kier alpha value is -3.08. The van der Waals surface area contributed by atoms with Gasteiger partial charge in [0.15, 0.2) is 27.4 Å². The zero-order valence-electron chi connectivity index (χ0n) is 16.4. The summed E-state index contributed by atoms with van der Waals surface area (Å²) in [6.45, 7) is 0.290. The van der Waals surface area contributed by atoms with Crippen molar-refractivity contribution in [1.29, 1.82) is 0 Å². The molecule has 2 aliphatic rings. The normalized spacial score (nSPS) is 17.6. The average molecular weight is 537 g/mol. The minimum Gasteiger partial charge on any atom is -0.504 e. The van der Waals surface area contributed by atoms with Gasteiger partial charge in [0.05, 0.1) is 12.2 Å². The van der Waals surface area contributed by atoms with E-state index in [1.165, 1.54) is 30.3 Å². The average Bonchev–Trinajstić information content (AvgIpc) is 3.53. The molecule has 1 saturated carbocycles. The lowest BCUT2D eigenvalue weighted by Crippen LogP contribution is -2.62. The number of aliphatic hydroxyl groups excluding tert-OH is 2. The Bertz CT molecular complexity index is 1120. The first-order chi connectivity index (χ1) is 15.0. The maximum absolute atomic E-state index is 13.1. The molecule has 1 aromatic heterocycles. The van der Waals surface area contributed by atoms with Crippen molar-refractivity contribution in [1.82, 2.24) is 0 Å². The summed E-state index contributed by atoms with van der Waals surface area (Å²) in [6.07, 6.45) is 6.87. The number of allylic oxidation sites excluding steroid dienone is 2. The smallest absolute Gasteiger partial charge is 0.448 e. The number of hydrogen-bond acceptors (Lipinski definition) is 5. The first-order valence-electron chi connectivity index (χ1n) is 9.66. The van der Waals surface area contributed by atoms with Gasteiger partial charge in [-0.05, 0) is 55.2 Å². The number of rotatable bonds is 7. The van der Waals surface area contributed by atoms with E-state index in [1.54, 1.807) is 12.4 Å². The minimum atomic E-state index is -1.29. The summed E-state index contributed by atoms with van der Waals surface area (Å²) in [5.74, 6) is -0.885. The molecule has 9 heteroatoms. The summed E-state index contributed by atoms with van der Waals surface area (Å²) in [5, 5.41) is 21.2. The predicted molar refractivity (Wildman–Crippen MR) is 123 cm³/mol. The molecule has 0 bridgehead atoms. The second-order valence-corrected chi connectivity index (χ2v) is 9.29. The number of aromatic amines is 1. The second kappa shape index (κ2) is 9.38. The quantitative estimate of drug-likeness (QED) is 0.188. The van der Waals surface area contributed by atoms with Crippen LogP contribution in [0.15, 0.2) is 60.2 Å². The highest BCUT2D eigenvalue weighted by Crippen LogP contribution is 2.29. The molecule has 1 aromatic carbocycles. The van der Waals surface area contributed by atoms with Crippen LogP contribution < -0.4 is 13.5 Å². The molecule has 1 aliphatic heterocycles. The number of fused-ring (bicyclic) bond motifs is 1. The van der Waals surface area contributed by atoms with E-state index in [4.69, 9.17) is 4.74 Å². The maximum Gasteiger partial charge on any atom is 0.448 e. The molecule has 0 saturated heterocycles. The number of carbonyl (C=O) groups excluding carboxylic acids is 1. The van der Waals surface area contributed by atoms with E-state index in [1.807, 2.05) is 12.1 Å². The lowest BCUT2D eigenvalue weighted by atomic mass is 10.1. The Labute approximate surface area is 188 Å². The van der Waals surface area contributed by atoms with Crippen molar-refractivity contribution in [3.05, 3.63) is 71.6 Å². The molecule has 0 spiro atoms. The molecule has 7 nitrogen and oxygen atoms in total. The fraction of sp³-hybridized carbons (Fsp3) is 0.182. The Morgan fingerprint density at radius 3 is 2.77 bits per heavy atom. The van der Waals surface area contributed by atoms with Crippen LogP contribution in [0.1, 0.15) is 18.4 Å². The van der Waals surface area contributed by atoms with E-state index in [0.29, 0.717) is 23.8 Å². The number of carbonyl (C=O) groups is 1. The largest absolute Gasteiger partial charge is 0.504 e. The van der Waals surface area contributed by atoms with Gasteiger partial charge in [0.25, 0.3) is 0 Å². The van der Waals surface area contributed by atoms with Gasteiger partial charge in [-0.25, -0.2) is 9.18 Å². The molecule has 2 aromatic rings. The Kier molecular flexibility index (Phi) is 6.40. The van der Waals surface area contributed by atoms with Crippen molar-refractivity contribution in [3.8, 4) is 0 Å². The highest BCUT2D eigenvalue weighted by Gasteiger charge is 2.28. The number of pyridine rings is 1. The van der Waals surface area contributed by atoms with E-state index in [9.17, 15) is 19.4 Å². The number of H-pyrrole nitrogens is 1. The van der Waals surface area contributed by atoms with Crippen molar-refractivity contribution >= 4 is 53.8 Å². The van der Waals surface area contributed by atoms with Crippen LogP contribution in [0.3, 0.4) is 0 Å². The van der Waals surface area contributed by atoms with Crippen LogP contribution >= 0.6 is 21.0 Å². The summed E-state index contributed by atoms with van der Waals surface area (Å²) >= 11 is -1.29. The summed E-state index contributed by atoms with van der Waals surface area (Å²) < 4.78 is 21.5. The molecule has 1 fully saturated rings. The highest BCUT2D eigenvalue weighted by atomic mass is 127. The van der Waals surface area contributed by atoms with Gasteiger partial charge in [0.2, 0.25) is 0 Å². The number of halogens is 2. The van der Waals surface area contributed by atoms with Crippen LogP contribution in [-0.4, -0.2) is 32.5 Å². The molecule has 0 radical (unpaired) electrons. The summed E-state index contributed by atoms with van der Waals surface area (Å²) in [6, 6.07) is 9.35. The van der Waals surface area contributed by atoms with Gasteiger partial charge >= 0.3 is 11.8 Å². The first-order valence-corrected chi connectivity index (χ1v) is 11.8. The van der Waals surface area contributed by atoms with Crippen LogP contribution in [-0.2, 0) is 9.53 Å². The van der Waals surface area contributed by atoms with Crippen LogP contribution in [0.2, 0.25) is 0 Å². The molecule has 160 valence electrons. The molecule has 0 unspecified atom stereocenters.